The quantitative estimate of drug-likeness (QED) is 0.597. The monoisotopic (exact) mass is 316 g/mol. The van der Waals surface area contributed by atoms with Crippen LogP contribution in [0.4, 0.5) is 0 Å². The van der Waals surface area contributed by atoms with Crippen LogP contribution in [0.25, 0.3) is 0 Å². The molecule has 0 spiro atoms. The van der Waals surface area contributed by atoms with Crippen LogP contribution >= 0.6 is 0 Å². The Balaban J connectivity index is 1.68. The van der Waals surface area contributed by atoms with E-state index in [4.69, 9.17) is 9.47 Å². The lowest BCUT2D eigenvalue weighted by Gasteiger charge is -2.50. The zero-order chi connectivity index (χ0) is 16.1. The Bertz CT molecular complexity index is 534. The van der Waals surface area contributed by atoms with Crippen molar-refractivity contribution in [3.63, 3.8) is 0 Å². The molecule has 2 aliphatic rings. The summed E-state index contributed by atoms with van der Waals surface area (Å²) in [7, 11) is 0. The number of hydrogen-bond donors (Lipinski definition) is 0. The second kappa shape index (κ2) is 7.56. The van der Waals surface area contributed by atoms with Gasteiger partial charge >= 0.3 is 0 Å². The van der Waals surface area contributed by atoms with Crippen molar-refractivity contribution in [2.75, 3.05) is 32.9 Å². The molecule has 0 amide bonds. The van der Waals surface area contributed by atoms with Crippen molar-refractivity contribution in [1.29, 1.82) is 0 Å². The second-order valence-electron chi connectivity index (χ2n) is 6.90. The van der Waals surface area contributed by atoms with Crippen molar-refractivity contribution in [3.05, 3.63) is 42.2 Å². The molecule has 126 valence electrons. The van der Waals surface area contributed by atoms with Gasteiger partial charge < -0.3 is 9.47 Å². The first-order valence-corrected chi connectivity index (χ1v) is 8.67. The lowest BCUT2D eigenvalue weighted by atomic mass is 9.73. The van der Waals surface area contributed by atoms with E-state index in [-0.39, 0.29) is 5.41 Å². The molecule has 0 saturated carbocycles. The number of piperidine rings is 1. The molecule has 1 aromatic rings. The van der Waals surface area contributed by atoms with Crippen LogP contribution in [0.15, 0.2) is 30.9 Å². The van der Waals surface area contributed by atoms with Gasteiger partial charge in [-0.25, -0.2) is 0 Å². The Morgan fingerprint density at radius 2 is 2.43 bits per heavy atom. The maximum absolute atomic E-state index is 6.09. The van der Waals surface area contributed by atoms with Gasteiger partial charge in [-0.15, -0.1) is 6.58 Å². The van der Waals surface area contributed by atoms with E-state index in [1.54, 1.807) is 0 Å². The summed E-state index contributed by atoms with van der Waals surface area (Å²) in [6, 6.07) is 6.27. The molecule has 0 N–H and O–H groups in total. The van der Waals surface area contributed by atoms with Gasteiger partial charge in [0.2, 0.25) is 0 Å². The predicted molar refractivity (Wildman–Crippen MR) is 91.3 cm³/mol. The number of likely N-dealkylation sites (tertiary alicyclic amines) is 1. The molecule has 4 nitrogen and oxygen atoms in total. The molecule has 2 atom stereocenters. The Hall–Kier alpha value is -1.23. The zero-order valence-electron chi connectivity index (χ0n) is 14.2. The summed E-state index contributed by atoms with van der Waals surface area (Å²) in [6.45, 7) is 11.1. The first kappa shape index (κ1) is 16.6. The predicted octanol–water partition coefficient (Wildman–Crippen LogP) is 2.96. The number of aryl methyl sites for hydroxylation is 1. The van der Waals surface area contributed by atoms with Gasteiger partial charge in [0.25, 0.3) is 0 Å². The van der Waals surface area contributed by atoms with Crippen molar-refractivity contribution < 1.29 is 9.47 Å². The third kappa shape index (κ3) is 4.00. The molecule has 23 heavy (non-hydrogen) atoms. The van der Waals surface area contributed by atoms with E-state index in [1.807, 2.05) is 6.08 Å². The highest BCUT2D eigenvalue weighted by atomic mass is 16.5. The summed E-state index contributed by atoms with van der Waals surface area (Å²) in [4.78, 5) is 7.17. The van der Waals surface area contributed by atoms with E-state index < -0.39 is 0 Å². The van der Waals surface area contributed by atoms with Crippen molar-refractivity contribution >= 4 is 0 Å². The zero-order valence-corrected chi connectivity index (χ0v) is 14.2. The van der Waals surface area contributed by atoms with Crippen LogP contribution in [0.3, 0.4) is 0 Å². The summed E-state index contributed by atoms with van der Waals surface area (Å²) in [6.07, 6.45) is 5.56. The Morgan fingerprint density at radius 1 is 1.52 bits per heavy atom. The average molecular weight is 316 g/mol. The van der Waals surface area contributed by atoms with Gasteiger partial charge in [-0.3, -0.25) is 9.88 Å². The fourth-order valence-corrected chi connectivity index (χ4v) is 3.99. The van der Waals surface area contributed by atoms with Crippen molar-refractivity contribution in [1.82, 2.24) is 9.88 Å². The molecule has 1 aromatic heterocycles. The molecule has 3 heterocycles. The first-order chi connectivity index (χ1) is 11.2. The van der Waals surface area contributed by atoms with Crippen molar-refractivity contribution in [2.45, 2.75) is 38.8 Å². The molecule has 0 radical (unpaired) electrons. The second-order valence-corrected chi connectivity index (χ2v) is 6.90. The van der Waals surface area contributed by atoms with Crippen LogP contribution < -0.4 is 0 Å². The maximum Gasteiger partial charge on any atom is 0.0677 e. The number of ether oxygens (including phenoxy) is 2. The number of pyridine rings is 1. The normalized spacial score (nSPS) is 28.3. The highest BCUT2D eigenvalue weighted by Gasteiger charge is 2.46. The van der Waals surface area contributed by atoms with Crippen molar-refractivity contribution in [3.8, 4) is 0 Å². The summed E-state index contributed by atoms with van der Waals surface area (Å²) in [5.74, 6) is 0. The number of hydrogen-bond acceptors (Lipinski definition) is 4. The Labute approximate surface area is 139 Å². The number of aromatic nitrogens is 1. The molecular weight excluding hydrogens is 288 g/mol. The van der Waals surface area contributed by atoms with Gasteiger partial charge in [0.15, 0.2) is 0 Å². The first-order valence-electron chi connectivity index (χ1n) is 8.67. The summed E-state index contributed by atoms with van der Waals surface area (Å²) in [5.41, 5.74) is 2.37. The fourth-order valence-electron chi connectivity index (χ4n) is 3.99. The number of rotatable bonds is 6. The number of fused-ring (bicyclic) bond motifs is 1. The molecule has 2 saturated heterocycles. The Morgan fingerprint density at radius 3 is 3.26 bits per heavy atom. The van der Waals surface area contributed by atoms with E-state index in [9.17, 15) is 0 Å². The summed E-state index contributed by atoms with van der Waals surface area (Å²) < 4.78 is 11.9. The van der Waals surface area contributed by atoms with E-state index in [0.717, 1.165) is 57.1 Å². The van der Waals surface area contributed by atoms with E-state index >= 15 is 0 Å². The molecule has 2 fully saturated rings. The lowest BCUT2D eigenvalue weighted by molar-refractivity contribution is -0.152. The van der Waals surface area contributed by atoms with Gasteiger partial charge in [-0.1, -0.05) is 12.1 Å². The minimum Gasteiger partial charge on any atom is -0.377 e. The summed E-state index contributed by atoms with van der Waals surface area (Å²) >= 11 is 0. The minimum absolute atomic E-state index is 0.128. The number of nitrogens with zero attached hydrogens (tertiary/aromatic N) is 2. The van der Waals surface area contributed by atoms with E-state index in [0.29, 0.717) is 12.7 Å². The molecule has 0 aromatic carbocycles. The topological polar surface area (TPSA) is 34.6 Å². The minimum atomic E-state index is 0.128. The van der Waals surface area contributed by atoms with Crippen LogP contribution in [-0.2, 0) is 16.0 Å². The third-order valence-corrected chi connectivity index (χ3v) is 5.02. The van der Waals surface area contributed by atoms with Gasteiger partial charge in [0, 0.05) is 37.4 Å². The van der Waals surface area contributed by atoms with E-state index in [2.05, 4.69) is 41.6 Å². The van der Waals surface area contributed by atoms with Crippen LogP contribution in [0.2, 0.25) is 0 Å². The Kier molecular flexibility index (Phi) is 5.46. The smallest absolute Gasteiger partial charge is 0.0677 e. The van der Waals surface area contributed by atoms with Crippen LogP contribution in [0.5, 0.6) is 0 Å². The van der Waals surface area contributed by atoms with Gasteiger partial charge in [-0.2, -0.15) is 0 Å². The fraction of sp³-hybridized carbons (Fsp3) is 0.632. The molecule has 2 aliphatic heterocycles. The SMILES string of the molecule is C=CCOCC12CCCOC1CCN(Cc1cccc(C)n1)C2. The lowest BCUT2D eigenvalue weighted by Crippen LogP contribution is -2.56. The molecule has 0 aliphatic carbocycles. The maximum atomic E-state index is 6.09. The van der Waals surface area contributed by atoms with Gasteiger partial charge in [0.1, 0.15) is 0 Å². The van der Waals surface area contributed by atoms with E-state index in [1.165, 1.54) is 6.42 Å². The van der Waals surface area contributed by atoms with Crippen LogP contribution in [-0.4, -0.2) is 48.9 Å². The van der Waals surface area contributed by atoms with Crippen LogP contribution in [0, 0.1) is 12.3 Å². The largest absolute Gasteiger partial charge is 0.377 e. The van der Waals surface area contributed by atoms with Gasteiger partial charge in [0.05, 0.1) is 25.0 Å². The highest BCUT2D eigenvalue weighted by Crippen LogP contribution is 2.40. The highest BCUT2D eigenvalue weighted by molar-refractivity contribution is 5.10. The molecule has 3 rings (SSSR count). The van der Waals surface area contributed by atoms with Crippen molar-refractivity contribution in [2.24, 2.45) is 5.41 Å². The van der Waals surface area contributed by atoms with Gasteiger partial charge in [-0.05, 0) is 38.3 Å². The third-order valence-electron chi connectivity index (χ3n) is 5.02. The molecular formula is C19H28N2O2. The molecule has 4 heteroatoms. The van der Waals surface area contributed by atoms with Crippen LogP contribution in [0.1, 0.15) is 30.7 Å². The standard InChI is InChI=1S/C19H28N2O2/c1-3-11-22-15-19-9-5-12-23-18(19)8-10-21(14-19)13-17-7-4-6-16(2)20-17/h3-4,6-7,18H,1,5,8-15H2,2H3. The summed E-state index contributed by atoms with van der Waals surface area (Å²) in [5, 5.41) is 0. The molecule has 0 bridgehead atoms. The average Bonchev–Trinajstić information content (AvgIpc) is 2.55. The molecule has 2 unspecified atom stereocenters.